The summed E-state index contributed by atoms with van der Waals surface area (Å²) in [4.78, 5) is 0. The Morgan fingerprint density at radius 3 is 2.25 bits per heavy atom. The maximum absolute atomic E-state index is 10.1. The second-order valence-corrected chi connectivity index (χ2v) is 6.00. The van der Waals surface area contributed by atoms with Crippen molar-refractivity contribution in [2.45, 2.75) is 39.3 Å². The van der Waals surface area contributed by atoms with Crippen molar-refractivity contribution in [3.05, 3.63) is 65.2 Å². The lowest BCUT2D eigenvalue weighted by Crippen LogP contribution is -2.33. The van der Waals surface area contributed by atoms with Crippen molar-refractivity contribution in [3.8, 4) is 5.75 Å². The van der Waals surface area contributed by atoms with E-state index in [1.807, 2.05) is 31.2 Å². The van der Waals surface area contributed by atoms with Crippen molar-refractivity contribution in [1.29, 1.82) is 0 Å². The standard InChI is InChI=1S/C20H27NO2.ClH/c1-4-17-7-9-18(10-8-17)16(3)21-13-19(22)14-23-20-11-5-15(2)6-12-20;/h5-12,16,19,21-22H,4,13-14H2,1-3H3;1H. The van der Waals surface area contributed by atoms with E-state index in [1.165, 1.54) is 16.7 Å². The van der Waals surface area contributed by atoms with Crippen molar-refractivity contribution >= 4 is 12.4 Å². The molecular weight excluding hydrogens is 322 g/mol. The molecule has 0 aliphatic carbocycles. The lowest BCUT2D eigenvalue weighted by atomic mass is 10.0. The summed E-state index contributed by atoms with van der Waals surface area (Å²) in [6.45, 7) is 7.09. The first-order valence-corrected chi connectivity index (χ1v) is 8.28. The highest BCUT2D eigenvalue weighted by Crippen LogP contribution is 2.14. The molecule has 0 radical (unpaired) electrons. The second kappa shape index (κ2) is 10.3. The Balaban J connectivity index is 0.00000288. The molecule has 2 atom stereocenters. The fourth-order valence-corrected chi connectivity index (χ4v) is 2.36. The summed E-state index contributed by atoms with van der Waals surface area (Å²) < 4.78 is 5.60. The van der Waals surface area contributed by atoms with Gasteiger partial charge in [-0.25, -0.2) is 0 Å². The topological polar surface area (TPSA) is 41.5 Å². The van der Waals surface area contributed by atoms with Crippen LogP contribution in [-0.4, -0.2) is 24.4 Å². The number of rotatable bonds is 8. The molecule has 2 unspecified atom stereocenters. The maximum Gasteiger partial charge on any atom is 0.119 e. The van der Waals surface area contributed by atoms with E-state index in [-0.39, 0.29) is 25.1 Å². The summed E-state index contributed by atoms with van der Waals surface area (Å²) in [7, 11) is 0. The number of aryl methyl sites for hydroxylation is 2. The average Bonchev–Trinajstić information content (AvgIpc) is 2.59. The summed E-state index contributed by atoms with van der Waals surface area (Å²) >= 11 is 0. The predicted octanol–water partition coefficient (Wildman–Crippen LogP) is 4.07. The number of aliphatic hydroxyl groups excluding tert-OH is 1. The van der Waals surface area contributed by atoms with E-state index in [9.17, 15) is 5.11 Å². The Kier molecular flexibility index (Phi) is 8.83. The molecule has 4 heteroatoms. The van der Waals surface area contributed by atoms with Crippen LogP contribution >= 0.6 is 12.4 Å². The molecule has 0 aliphatic rings. The SMILES string of the molecule is CCc1ccc(C(C)NCC(O)COc2ccc(C)cc2)cc1.Cl. The fraction of sp³-hybridized carbons (Fsp3) is 0.400. The molecule has 0 heterocycles. The van der Waals surface area contributed by atoms with Gasteiger partial charge in [0.1, 0.15) is 18.5 Å². The van der Waals surface area contributed by atoms with Gasteiger partial charge in [0.25, 0.3) is 0 Å². The van der Waals surface area contributed by atoms with Crippen LogP contribution in [0, 0.1) is 6.92 Å². The van der Waals surface area contributed by atoms with Crippen molar-refractivity contribution in [1.82, 2.24) is 5.32 Å². The number of nitrogens with one attached hydrogen (secondary N) is 1. The summed E-state index contributed by atoms with van der Waals surface area (Å²) in [5.41, 5.74) is 3.77. The number of benzene rings is 2. The molecule has 2 rings (SSSR count). The number of ether oxygens (including phenoxy) is 1. The van der Waals surface area contributed by atoms with Gasteiger partial charge in [-0.2, -0.15) is 0 Å². The Hall–Kier alpha value is -1.55. The van der Waals surface area contributed by atoms with Gasteiger partial charge in [-0.05, 0) is 43.5 Å². The lowest BCUT2D eigenvalue weighted by Gasteiger charge is -2.18. The third-order valence-corrected chi connectivity index (χ3v) is 4.01. The Morgan fingerprint density at radius 2 is 1.67 bits per heavy atom. The molecule has 0 aliphatic heterocycles. The van der Waals surface area contributed by atoms with Crippen LogP contribution in [0.4, 0.5) is 0 Å². The Labute approximate surface area is 151 Å². The highest BCUT2D eigenvalue weighted by Gasteiger charge is 2.09. The second-order valence-electron chi connectivity index (χ2n) is 6.00. The molecule has 2 aromatic rings. The highest BCUT2D eigenvalue weighted by atomic mass is 35.5. The summed E-state index contributed by atoms with van der Waals surface area (Å²) in [5, 5.41) is 13.4. The van der Waals surface area contributed by atoms with Gasteiger partial charge in [-0.1, -0.05) is 48.9 Å². The monoisotopic (exact) mass is 349 g/mol. The van der Waals surface area contributed by atoms with E-state index in [0.29, 0.717) is 6.54 Å². The van der Waals surface area contributed by atoms with Gasteiger partial charge in [0, 0.05) is 12.6 Å². The van der Waals surface area contributed by atoms with Crippen LogP contribution in [0.2, 0.25) is 0 Å². The molecule has 0 bridgehead atoms. The predicted molar refractivity (Wildman–Crippen MR) is 102 cm³/mol. The molecular formula is C20H28ClNO2. The van der Waals surface area contributed by atoms with E-state index in [4.69, 9.17) is 4.74 Å². The highest BCUT2D eigenvalue weighted by molar-refractivity contribution is 5.85. The van der Waals surface area contributed by atoms with Crippen LogP contribution in [0.5, 0.6) is 5.75 Å². The Bertz CT molecular complexity index is 584. The molecule has 24 heavy (non-hydrogen) atoms. The van der Waals surface area contributed by atoms with E-state index in [1.54, 1.807) is 0 Å². The number of hydrogen-bond acceptors (Lipinski definition) is 3. The molecule has 2 N–H and O–H groups in total. The van der Waals surface area contributed by atoms with Crippen LogP contribution < -0.4 is 10.1 Å². The van der Waals surface area contributed by atoms with Gasteiger partial charge in [-0.3, -0.25) is 0 Å². The van der Waals surface area contributed by atoms with Crippen LogP contribution in [0.3, 0.4) is 0 Å². The first kappa shape index (κ1) is 20.5. The zero-order chi connectivity index (χ0) is 16.7. The van der Waals surface area contributed by atoms with Gasteiger partial charge in [0.05, 0.1) is 0 Å². The first-order chi connectivity index (χ1) is 11.1. The number of aliphatic hydroxyl groups is 1. The van der Waals surface area contributed by atoms with Crippen LogP contribution in [0.15, 0.2) is 48.5 Å². The fourth-order valence-electron chi connectivity index (χ4n) is 2.36. The molecule has 2 aromatic carbocycles. The minimum atomic E-state index is -0.534. The molecule has 0 saturated carbocycles. The van der Waals surface area contributed by atoms with Crippen molar-refractivity contribution in [2.24, 2.45) is 0 Å². The molecule has 0 aromatic heterocycles. The van der Waals surface area contributed by atoms with E-state index >= 15 is 0 Å². The number of hydrogen-bond donors (Lipinski definition) is 2. The summed E-state index contributed by atoms with van der Waals surface area (Å²) in [6, 6.07) is 16.7. The zero-order valence-electron chi connectivity index (χ0n) is 14.7. The van der Waals surface area contributed by atoms with Gasteiger partial charge in [0.15, 0.2) is 0 Å². The number of halogens is 1. The minimum absolute atomic E-state index is 0. The third-order valence-electron chi connectivity index (χ3n) is 4.01. The van der Waals surface area contributed by atoms with Crippen molar-refractivity contribution in [2.75, 3.05) is 13.2 Å². The quantitative estimate of drug-likeness (QED) is 0.754. The van der Waals surface area contributed by atoms with Gasteiger partial charge in [0.2, 0.25) is 0 Å². The van der Waals surface area contributed by atoms with Gasteiger partial charge < -0.3 is 15.2 Å². The largest absolute Gasteiger partial charge is 0.491 e. The first-order valence-electron chi connectivity index (χ1n) is 8.28. The van der Waals surface area contributed by atoms with Crippen LogP contribution in [0.25, 0.3) is 0 Å². The average molecular weight is 350 g/mol. The smallest absolute Gasteiger partial charge is 0.119 e. The van der Waals surface area contributed by atoms with Crippen LogP contribution in [-0.2, 0) is 6.42 Å². The Morgan fingerprint density at radius 1 is 1.04 bits per heavy atom. The molecule has 132 valence electrons. The normalized spacial score (nSPS) is 13.0. The summed E-state index contributed by atoms with van der Waals surface area (Å²) in [5.74, 6) is 0.790. The van der Waals surface area contributed by atoms with E-state index in [0.717, 1.165) is 12.2 Å². The third kappa shape index (κ3) is 6.52. The molecule has 3 nitrogen and oxygen atoms in total. The lowest BCUT2D eigenvalue weighted by molar-refractivity contribution is 0.104. The van der Waals surface area contributed by atoms with Gasteiger partial charge in [-0.15, -0.1) is 12.4 Å². The molecule has 0 fully saturated rings. The molecule has 0 saturated heterocycles. The van der Waals surface area contributed by atoms with E-state index < -0.39 is 6.10 Å². The molecule has 0 spiro atoms. The zero-order valence-corrected chi connectivity index (χ0v) is 15.5. The van der Waals surface area contributed by atoms with Gasteiger partial charge >= 0.3 is 0 Å². The minimum Gasteiger partial charge on any atom is -0.491 e. The van der Waals surface area contributed by atoms with E-state index in [2.05, 4.69) is 43.4 Å². The molecule has 0 amide bonds. The van der Waals surface area contributed by atoms with Crippen LogP contribution in [0.1, 0.15) is 36.6 Å². The van der Waals surface area contributed by atoms with Crippen molar-refractivity contribution < 1.29 is 9.84 Å². The van der Waals surface area contributed by atoms with Crippen molar-refractivity contribution in [3.63, 3.8) is 0 Å². The summed E-state index contributed by atoms with van der Waals surface area (Å²) in [6.07, 6.45) is 0.519. The maximum atomic E-state index is 10.1.